The maximum absolute atomic E-state index is 12.4. The summed E-state index contributed by atoms with van der Waals surface area (Å²) in [4.78, 5) is 22.8. The molecule has 8 nitrogen and oxygen atoms in total. The van der Waals surface area contributed by atoms with Crippen LogP contribution in [0.4, 0.5) is 11.4 Å². The lowest BCUT2D eigenvalue weighted by molar-refractivity contribution is -0.384. The zero-order valence-electron chi connectivity index (χ0n) is 18.3. The number of thioether (sulfide) groups is 1. The van der Waals surface area contributed by atoms with Crippen LogP contribution in [0.5, 0.6) is 0 Å². The minimum absolute atomic E-state index is 0.0153. The number of anilines is 1. The molecule has 1 amide bonds. The second-order valence-electron chi connectivity index (χ2n) is 8.14. The van der Waals surface area contributed by atoms with Crippen molar-refractivity contribution in [2.24, 2.45) is 0 Å². The van der Waals surface area contributed by atoms with Crippen LogP contribution in [-0.4, -0.2) is 31.3 Å². The third-order valence-electron chi connectivity index (χ3n) is 4.80. The molecule has 0 fully saturated rings. The van der Waals surface area contributed by atoms with E-state index in [1.807, 2.05) is 23.6 Å². The van der Waals surface area contributed by atoms with E-state index >= 15 is 0 Å². The number of rotatable bonds is 7. The third kappa shape index (κ3) is 5.46. The molecule has 32 heavy (non-hydrogen) atoms. The Kier molecular flexibility index (Phi) is 7.20. The molecule has 0 unspecified atom stereocenters. The van der Waals surface area contributed by atoms with Crippen molar-refractivity contribution in [1.29, 1.82) is 0 Å². The highest BCUT2D eigenvalue weighted by molar-refractivity contribution is 7.99. The highest BCUT2D eigenvalue weighted by atomic mass is 35.5. The minimum atomic E-state index is -0.591. The van der Waals surface area contributed by atoms with Gasteiger partial charge < -0.3 is 9.88 Å². The Balaban J connectivity index is 1.70. The van der Waals surface area contributed by atoms with Gasteiger partial charge in [-0.15, -0.1) is 10.2 Å². The molecule has 0 radical (unpaired) electrons. The van der Waals surface area contributed by atoms with Gasteiger partial charge in [0.15, 0.2) is 11.0 Å². The smallest absolute Gasteiger partial charge is 0.289 e. The Morgan fingerprint density at radius 3 is 2.47 bits per heavy atom. The van der Waals surface area contributed by atoms with Gasteiger partial charge in [0.1, 0.15) is 5.02 Å². The molecule has 0 saturated carbocycles. The summed E-state index contributed by atoms with van der Waals surface area (Å²) >= 11 is 7.06. The molecule has 0 bridgehead atoms. The molecule has 1 aromatic heterocycles. The fourth-order valence-electron chi connectivity index (χ4n) is 3.07. The summed E-state index contributed by atoms with van der Waals surface area (Å²) in [6.07, 6.45) is 0. The number of nitro groups is 1. The van der Waals surface area contributed by atoms with Crippen molar-refractivity contribution in [3.63, 3.8) is 0 Å². The van der Waals surface area contributed by atoms with Crippen molar-refractivity contribution >= 4 is 40.6 Å². The molecule has 0 aliphatic heterocycles. The van der Waals surface area contributed by atoms with Gasteiger partial charge in [0.05, 0.1) is 10.7 Å². The lowest BCUT2D eigenvalue weighted by Crippen LogP contribution is -2.14. The van der Waals surface area contributed by atoms with E-state index in [4.69, 9.17) is 11.6 Å². The second kappa shape index (κ2) is 9.70. The average Bonchev–Trinajstić information content (AvgIpc) is 3.16. The molecule has 168 valence electrons. The van der Waals surface area contributed by atoms with E-state index in [1.165, 1.54) is 35.5 Å². The fourth-order valence-corrected chi connectivity index (χ4v) is 4.06. The Morgan fingerprint density at radius 1 is 1.19 bits per heavy atom. The quantitative estimate of drug-likeness (QED) is 0.274. The van der Waals surface area contributed by atoms with Crippen LogP contribution in [0.25, 0.3) is 11.4 Å². The summed E-state index contributed by atoms with van der Waals surface area (Å²) in [5, 5.41) is 22.9. The van der Waals surface area contributed by atoms with Crippen LogP contribution in [-0.2, 0) is 16.8 Å². The van der Waals surface area contributed by atoms with Gasteiger partial charge in [-0.2, -0.15) is 0 Å². The highest BCUT2D eigenvalue weighted by Gasteiger charge is 2.18. The van der Waals surface area contributed by atoms with E-state index in [0.717, 1.165) is 11.4 Å². The molecule has 0 saturated heterocycles. The van der Waals surface area contributed by atoms with Gasteiger partial charge in [0, 0.05) is 23.9 Å². The van der Waals surface area contributed by atoms with Crippen molar-refractivity contribution in [2.75, 3.05) is 11.1 Å². The first-order chi connectivity index (χ1) is 15.1. The van der Waals surface area contributed by atoms with Gasteiger partial charge in [-0.1, -0.05) is 68.4 Å². The average molecular weight is 474 g/mol. The zero-order chi connectivity index (χ0) is 23.5. The number of benzene rings is 2. The van der Waals surface area contributed by atoms with E-state index in [2.05, 4.69) is 48.4 Å². The van der Waals surface area contributed by atoms with Gasteiger partial charge in [-0.25, -0.2) is 0 Å². The molecule has 0 aliphatic carbocycles. The van der Waals surface area contributed by atoms with Crippen LogP contribution in [0, 0.1) is 10.1 Å². The predicted molar refractivity (Wildman–Crippen MR) is 127 cm³/mol. The van der Waals surface area contributed by atoms with Crippen molar-refractivity contribution in [1.82, 2.24) is 14.8 Å². The van der Waals surface area contributed by atoms with Gasteiger partial charge in [-0.3, -0.25) is 14.9 Å². The zero-order valence-corrected chi connectivity index (χ0v) is 19.8. The van der Waals surface area contributed by atoms with Crippen LogP contribution < -0.4 is 5.32 Å². The number of carbonyl (C=O) groups is 1. The molecule has 3 rings (SSSR count). The van der Waals surface area contributed by atoms with Gasteiger partial charge in [0.25, 0.3) is 5.69 Å². The first kappa shape index (κ1) is 23.7. The summed E-state index contributed by atoms with van der Waals surface area (Å²) in [6, 6.07) is 12.4. The standard InChI is InChI=1S/C22H24ClN5O3S/c1-5-27-20(14-6-8-15(9-7-14)22(2,3)4)25-26-21(27)32-13-19(29)24-16-10-11-17(23)18(12-16)28(30)31/h6-12H,5,13H2,1-4H3,(H,24,29). The van der Waals surface area contributed by atoms with Crippen LogP contribution in [0.2, 0.25) is 5.02 Å². The van der Waals surface area contributed by atoms with E-state index in [1.54, 1.807) is 0 Å². The maximum atomic E-state index is 12.4. The summed E-state index contributed by atoms with van der Waals surface area (Å²) in [5.74, 6) is 0.509. The maximum Gasteiger partial charge on any atom is 0.289 e. The van der Waals surface area contributed by atoms with Crippen molar-refractivity contribution in [3.8, 4) is 11.4 Å². The highest BCUT2D eigenvalue weighted by Crippen LogP contribution is 2.29. The molecule has 10 heteroatoms. The SMILES string of the molecule is CCn1c(SCC(=O)Nc2ccc(Cl)c([N+](=O)[O-])c2)nnc1-c1ccc(C(C)(C)C)cc1. The number of halogens is 1. The number of aromatic nitrogens is 3. The topological polar surface area (TPSA) is 103 Å². The summed E-state index contributed by atoms with van der Waals surface area (Å²) in [7, 11) is 0. The van der Waals surface area contributed by atoms with E-state index in [-0.39, 0.29) is 27.8 Å². The minimum Gasteiger partial charge on any atom is -0.325 e. The lowest BCUT2D eigenvalue weighted by atomic mass is 9.87. The van der Waals surface area contributed by atoms with Crippen molar-refractivity contribution < 1.29 is 9.72 Å². The van der Waals surface area contributed by atoms with Crippen LogP contribution in [0.1, 0.15) is 33.3 Å². The molecular formula is C22H24ClN5O3S. The molecule has 1 heterocycles. The number of nitro benzene ring substituents is 1. The predicted octanol–water partition coefficient (Wildman–Crippen LogP) is 5.55. The molecule has 3 aromatic rings. The van der Waals surface area contributed by atoms with Crippen molar-refractivity contribution in [3.05, 3.63) is 63.2 Å². The number of hydrogen-bond acceptors (Lipinski definition) is 6. The van der Waals surface area contributed by atoms with Crippen molar-refractivity contribution in [2.45, 2.75) is 44.8 Å². The van der Waals surface area contributed by atoms with Gasteiger partial charge >= 0.3 is 0 Å². The summed E-state index contributed by atoms with van der Waals surface area (Å²) in [6.45, 7) is 9.14. The number of nitrogens with one attached hydrogen (secondary N) is 1. The number of carbonyl (C=O) groups excluding carboxylic acids is 1. The summed E-state index contributed by atoms with van der Waals surface area (Å²) in [5.41, 5.74) is 2.30. The van der Waals surface area contributed by atoms with Crippen LogP contribution in [0.15, 0.2) is 47.6 Å². The number of nitrogens with zero attached hydrogens (tertiary/aromatic N) is 4. The molecule has 0 aliphatic rings. The Labute approximate surface area is 195 Å². The van der Waals surface area contributed by atoms with E-state index < -0.39 is 4.92 Å². The molecule has 0 spiro atoms. The normalized spacial score (nSPS) is 11.4. The summed E-state index contributed by atoms with van der Waals surface area (Å²) < 4.78 is 1.96. The second-order valence-corrected chi connectivity index (χ2v) is 9.49. The first-order valence-electron chi connectivity index (χ1n) is 10.0. The fraction of sp³-hybridized carbons (Fsp3) is 0.318. The molecule has 0 atom stereocenters. The third-order valence-corrected chi connectivity index (χ3v) is 6.09. The van der Waals surface area contributed by atoms with E-state index in [9.17, 15) is 14.9 Å². The Morgan fingerprint density at radius 2 is 1.88 bits per heavy atom. The Bertz CT molecular complexity index is 1140. The molecule has 2 aromatic carbocycles. The monoisotopic (exact) mass is 473 g/mol. The lowest BCUT2D eigenvalue weighted by Gasteiger charge is -2.19. The van der Waals surface area contributed by atoms with Crippen LogP contribution >= 0.6 is 23.4 Å². The molecule has 1 N–H and O–H groups in total. The molecular weight excluding hydrogens is 450 g/mol. The van der Waals surface area contributed by atoms with Gasteiger partial charge in [0.2, 0.25) is 5.91 Å². The van der Waals surface area contributed by atoms with Gasteiger partial charge in [-0.05, 0) is 30.0 Å². The number of amides is 1. The largest absolute Gasteiger partial charge is 0.325 e. The van der Waals surface area contributed by atoms with Crippen LogP contribution in [0.3, 0.4) is 0 Å². The Hall–Kier alpha value is -2.91. The number of hydrogen-bond donors (Lipinski definition) is 1. The first-order valence-corrected chi connectivity index (χ1v) is 11.4. The van der Waals surface area contributed by atoms with E-state index in [0.29, 0.717) is 17.4 Å².